The van der Waals surface area contributed by atoms with Crippen LogP contribution in [0.1, 0.15) is 24.1 Å². The number of hydrogen-bond donors (Lipinski definition) is 2. The average molecular weight is 520 g/mol. The standard InChI is InChI=1S/C12H16N2O3S.C12H13NO3S/c1-17-12-4-2-10(3-5-12)13-14-11-6-8-18(15,16)9-7-11;1-16-8-2-3-11-9(6-8)10-7-17(14,15)5-4-12(10)13-11/h2-5,13H,6-9H2,1H3;2-3,6,13H,4-5,7H2,1H3. The Labute approximate surface area is 205 Å². The lowest BCUT2D eigenvalue weighted by atomic mass is 10.1. The molecule has 0 spiro atoms. The second kappa shape index (κ2) is 10.3. The maximum absolute atomic E-state index is 11.7. The Hall–Kier alpha value is -3.05. The second-order valence-electron chi connectivity index (χ2n) is 8.51. The highest BCUT2D eigenvalue weighted by Crippen LogP contribution is 2.31. The molecule has 0 saturated carbocycles. The van der Waals surface area contributed by atoms with Crippen LogP contribution in [0.4, 0.5) is 5.69 Å². The van der Waals surface area contributed by atoms with E-state index < -0.39 is 19.7 Å². The number of aromatic amines is 1. The number of ether oxygens (including phenoxy) is 2. The third-order valence-corrected chi connectivity index (χ3v) is 9.27. The van der Waals surface area contributed by atoms with Crippen molar-refractivity contribution in [2.24, 2.45) is 5.10 Å². The highest BCUT2D eigenvalue weighted by Gasteiger charge is 2.25. The highest BCUT2D eigenvalue weighted by atomic mass is 32.2. The topological polar surface area (TPSA) is 127 Å². The number of nitrogens with zero attached hydrogens (tertiary/aromatic N) is 1. The molecule has 2 N–H and O–H groups in total. The first-order valence-corrected chi connectivity index (χ1v) is 14.9. The van der Waals surface area contributed by atoms with Crippen LogP contribution in [0.3, 0.4) is 0 Å². The Kier molecular flexibility index (Phi) is 7.36. The molecule has 9 nitrogen and oxygen atoms in total. The van der Waals surface area contributed by atoms with Gasteiger partial charge in [0.15, 0.2) is 19.7 Å². The minimum absolute atomic E-state index is 0.134. The minimum atomic E-state index is -2.94. The number of hydrogen-bond acceptors (Lipinski definition) is 8. The number of sulfone groups is 2. The average Bonchev–Trinajstić information content (AvgIpc) is 3.20. The molecule has 0 aliphatic carbocycles. The summed E-state index contributed by atoms with van der Waals surface area (Å²) in [7, 11) is -2.55. The van der Waals surface area contributed by atoms with Crippen LogP contribution in [0.2, 0.25) is 0 Å². The molecule has 3 aromatic rings. The lowest BCUT2D eigenvalue weighted by Gasteiger charge is -2.13. The number of aromatic nitrogens is 1. The number of hydrazone groups is 1. The second-order valence-corrected chi connectivity index (χ2v) is 13.0. The van der Waals surface area contributed by atoms with Crippen molar-refractivity contribution >= 4 is 42.0 Å². The van der Waals surface area contributed by atoms with Crippen molar-refractivity contribution in [3.63, 3.8) is 0 Å². The fraction of sp³-hybridized carbons (Fsp3) is 0.375. The van der Waals surface area contributed by atoms with Gasteiger partial charge in [0, 0.05) is 41.6 Å². The van der Waals surface area contributed by atoms with Gasteiger partial charge in [0.25, 0.3) is 0 Å². The number of H-pyrrole nitrogens is 1. The lowest BCUT2D eigenvalue weighted by Crippen LogP contribution is -2.23. The first kappa shape index (κ1) is 25.1. The van der Waals surface area contributed by atoms with Crippen LogP contribution in [0.25, 0.3) is 10.9 Å². The van der Waals surface area contributed by atoms with Crippen LogP contribution in [-0.2, 0) is 31.8 Å². The number of aryl methyl sites for hydroxylation is 1. The zero-order chi connectivity index (χ0) is 25.1. The zero-order valence-electron chi connectivity index (χ0n) is 19.7. The molecule has 2 aliphatic heterocycles. The van der Waals surface area contributed by atoms with Crippen LogP contribution >= 0.6 is 0 Å². The largest absolute Gasteiger partial charge is 0.497 e. The predicted octanol–water partition coefficient (Wildman–Crippen LogP) is 3.32. The van der Waals surface area contributed by atoms with Crippen molar-refractivity contribution in [3.05, 3.63) is 53.7 Å². The number of fused-ring (bicyclic) bond motifs is 3. The van der Waals surface area contributed by atoms with Gasteiger partial charge >= 0.3 is 0 Å². The summed E-state index contributed by atoms with van der Waals surface area (Å²) in [4.78, 5) is 3.29. The molecule has 0 amide bonds. The van der Waals surface area contributed by atoms with Gasteiger partial charge in [0.2, 0.25) is 0 Å². The molecule has 0 atom stereocenters. The van der Waals surface area contributed by atoms with E-state index in [1.165, 1.54) is 0 Å². The van der Waals surface area contributed by atoms with E-state index in [1.807, 2.05) is 42.5 Å². The Morgan fingerprint density at radius 2 is 1.46 bits per heavy atom. The van der Waals surface area contributed by atoms with Crippen molar-refractivity contribution in [1.29, 1.82) is 0 Å². The molecule has 0 radical (unpaired) electrons. The van der Waals surface area contributed by atoms with Crippen LogP contribution in [-0.4, -0.2) is 59.0 Å². The van der Waals surface area contributed by atoms with E-state index in [2.05, 4.69) is 15.5 Å². The maximum atomic E-state index is 11.7. The predicted molar refractivity (Wildman–Crippen MR) is 138 cm³/mol. The smallest absolute Gasteiger partial charge is 0.154 e. The molecule has 1 aromatic heterocycles. The highest BCUT2D eigenvalue weighted by molar-refractivity contribution is 7.91. The van der Waals surface area contributed by atoms with Crippen molar-refractivity contribution in [2.45, 2.75) is 25.0 Å². The van der Waals surface area contributed by atoms with E-state index in [1.54, 1.807) is 14.2 Å². The SMILES string of the molecule is COc1ccc(NN=C2CCS(=O)(=O)CC2)cc1.COc1ccc2[nH]c3c(c2c1)CS(=O)(=O)CC3. The summed E-state index contributed by atoms with van der Waals surface area (Å²) in [5.41, 5.74) is 7.62. The minimum Gasteiger partial charge on any atom is -0.497 e. The van der Waals surface area contributed by atoms with Crippen molar-refractivity contribution in [1.82, 2.24) is 4.98 Å². The fourth-order valence-electron chi connectivity index (χ4n) is 4.03. The van der Waals surface area contributed by atoms with Gasteiger partial charge in [-0.2, -0.15) is 5.10 Å². The van der Waals surface area contributed by atoms with E-state index in [0.717, 1.165) is 45.1 Å². The first-order chi connectivity index (χ1) is 16.7. The van der Waals surface area contributed by atoms with Crippen molar-refractivity contribution in [3.8, 4) is 11.5 Å². The van der Waals surface area contributed by atoms with Gasteiger partial charge < -0.3 is 14.5 Å². The van der Waals surface area contributed by atoms with E-state index in [4.69, 9.17) is 9.47 Å². The molecule has 2 aliphatic rings. The molecular formula is C24H29N3O6S2. The summed E-state index contributed by atoms with van der Waals surface area (Å²) in [5, 5.41) is 5.20. The van der Waals surface area contributed by atoms with Gasteiger partial charge in [0.1, 0.15) is 11.5 Å². The Morgan fingerprint density at radius 3 is 2.11 bits per heavy atom. The number of anilines is 1. The molecule has 11 heteroatoms. The summed E-state index contributed by atoms with van der Waals surface area (Å²) in [6.45, 7) is 0. The van der Waals surface area contributed by atoms with E-state index >= 15 is 0 Å². The normalized spacial score (nSPS) is 18.1. The first-order valence-electron chi connectivity index (χ1n) is 11.2. The molecular weight excluding hydrogens is 490 g/mol. The molecule has 5 rings (SSSR count). The fourth-order valence-corrected chi connectivity index (χ4v) is 6.76. The van der Waals surface area contributed by atoms with Gasteiger partial charge in [-0.05, 0) is 48.0 Å². The molecule has 1 fully saturated rings. The molecule has 2 aromatic carbocycles. The third kappa shape index (κ3) is 6.34. The molecule has 35 heavy (non-hydrogen) atoms. The summed E-state index contributed by atoms with van der Waals surface area (Å²) in [5.74, 6) is 2.32. The Morgan fingerprint density at radius 1 is 0.829 bits per heavy atom. The maximum Gasteiger partial charge on any atom is 0.154 e. The van der Waals surface area contributed by atoms with Gasteiger partial charge in [-0.15, -0.1) is 0 Å². The number of rotatable bonds is 4. The molecule has 1 saturated heterocycles. The van der Waals surface area contributed by atoms with Crippen molar-refractivity contribution < 1.29 is 26.3 Å². The Bertz CT molecular complexity index is 1430. The van der Waals surface area contributed by atoms with Crippen LogP contribution in [0.15, 0.2) is 47.6 Å². The van der Waals surface area contributed by atoms with Crippen molar-refractivity contribution in [2.75, 3.05) is 36.9 Å². The van der Waals surface area contributed by atoms with E-state index in [9.17, 15) is 16.8 Å². The number of benzene rings is 2. The monoisotopic (exact) mass is 519 g/mol. The van der Waals surface area contributed by atoms with Crippen LogP contribution in [0.5, 0.6) is 11.5 Å². The quantitative estimate of drug-likeness (QED) is 0.506. The van der Waals surface area contributed by atoms with E-state index in [-0.39, 0.29) is 23.0 Å². The van der Waals surface area contributed by atoms with Gasteiger partial charge in [-0.3, -0.25) is 5.43 Å². The lowest BCUT2D eigenvalue weighted by molar-refractivity contribution is 0.415. The number of nitrogens with one attached hydrogen (secondary N) is 2. The third-order valence-electron chi connectivity index (χ3n) is 6.07. The molecule has 3 heterocycles. The summed E-state index contributed by atoms with van der Waals surface area (Å²) in [6, 6.07) is 13.1. The summed E-state index contributed by atoms with van der Waals surface area (Å²) < 4.78 is 56.1. The summed E-state index contributed by atoms with van der Waals surface area (Å²) in [6.07, 6.45) is 1.62. The Balaban J connectivity index is 0.000000165. The summed E-state index contributed by atoms with van der Waals surface area (Å²) >= 11 is 0. The van der Waals surface area contributed by atoms with E-state index in [0.29, 0.717) is 19.3 Å². The van der Waals surface area contributed by atoms with Crippen LogP contribution in [0, 0.1) is 0 Å². The van der Waals surface area contributed by atoms with Crippen LogP contribution < -0.4 is 14.9 Å². The zero-order valence-corrected chi connectivity index (χ0v) is 21.3. The van der Waals surface area contributed by atoms with Gasteiger partial charge in [0.05, 0.1) is 42.9 Å². The molecule has 188 valence electrons. The number of methoxy groups -OCH3 is 2. The van der Waals surface area contributed by atoms with Gasteiger partial charge in [-0.25, -0.2) is 16.8 Å². The van der Waals surface area contributed by atoms with Gasteiger partial charge in [-0.1, -0.05) is 0 Å². The molecule has 0 bridgehead atoms. The molecule has 0 unspecified atom stereocenters.